The van der Waals surface area contributed by atoms with Gasteiger partial charge in [-0.3, -0.25) is 24.0 Å². The van der Waals surface area contributed by atoms with Gasteiger partial charge in [-0.2, -0.15) is 0 Å². The van der Waals surface area contributed by atoms with E-state index in [1.54, 1.807) is 0 Å². The summed E-state index contributed by atoms with van der Waals surface area (Å²) in [7, 11) is 0. The van der Waals surface area contributed by atoms with Gasteiger partial charge in [0.25, 0.3) is 0 Å². The van der Waals surface area contributed by atoms with Crippen molar-refractivity contribution in [2.45, 2.75) is 335 Å². The van der Waals surface area contributed by atoms with E-state index in [1.807, 2.05) is 0 Å². The molecule has 5 amide bonds. The van der Waals surface area contributed by atoms with E-state index in [4.69, 9.17) is 85.3 Å². The highest BCUT2D eigenvalue weighted by atomic mass is 16.8. The van der Waals surface area contributed by atoms with Crippen LogP contribution in [0.1, 0.15) is 34.6 Å². The molecule has 9 aliphatic rings. The van der Waals surface area contributed by atoms with E-state index >= 15 is 0 Å². The second-order valence-electron chi connectivity index (χ2n) is 31.5. The summed E-state index contributed by atoms with van der Waals surface area (Å²) in [5.74, 6) is -4.95. The van der Waals surface area contributed by atoms with Gasteiger partial charge >= 0.3 is 0 Å². The Bertz CT molecular complexity index is 3380. The Labute approximate surface area is 714 Å². The fourth-order valence-electron chi connectivity index (χ4n) is 15.9. The van der Waals surface area contributed by atoms with Gasteiger partial charge in [0, 0.05) is 34.6 Å². The molecule has 56 nitrogen and oxygen atoms in total. The van der Waals surface area contributed by atoms with Gasteiger partial charge in [-0.25, -0.2) is 0 Å². The summed E-state index contributed by atoms with van der Waals surface area (Å²) in [5, 5.41) is 326. The molecule has 56 heteroatoms. The largest absolute Gasteiger partial charge is 0.394 e. The minimum absolute atomic E-state index is 0.853. The number of aliphatic hydroxyl groups excluding tert-OH is 28. The monoisotopic (exact) mass is 1850 g/mol. The van der Waals surface area contributed by atoms with Crippen LogP contribution in [0.4, 0.5) is 0 Å². The van der Waals surface area contributed by atoms with E-state index in [2.05, 4.69) is 26.6 Å². The number of hydrogen-bond acceptors (Lipinski definition) is 51. The van der Waals surface area contributed by atoms with Crippen LogP contribution in [0.2, 0.25) is 0 Å². The van der Waals surface area contributed by atoms with Crippen LogP contribution in [0, 0.1) is 0 Å². The SMILES string of the molecule is CC(=O)N[C@H]1[C@H](O[C@@H]([C@H](O)[C@H](CO)NC(C)=O)[C@H](O)CO)O[C@H](CO)[C@@H](O[C@@H]2O[C@H](CO[C@H]3O[C@H](CO)[C@@H](O)[C@H](O)[C@@H]3O[C@H]3O[C@H](CO)[C@@H](O)[C@H](O)[C@@H]3O)[C@@H](O[C@@H]3O[C@H](CO)[C@@H](O)[C@H](O)[C@H]3NC(C)=O)[C@H](O[C@H]3O[C@H](CO)[C@@H](O[C@@H]4O[C@H](CO)[C@@H](O[C@@H]5O[C@H](CO)[C@H](O)[C@H](O)[C@H]5O)[C@H](O)[C@H]4NC(C)=O)[C@H](O)[C@@H]3O[C@@H]3O[C@H](CO)[C@@H](O)[C@H](O)[C@H]3NC(C)=O)[C@@H]2O)[C@@H]1O. The van der Waals surface area contributed by atoms with E-state index in [0.29, 0.717) is 0 Å². The number of aliphatic hydroxyl groups is 28. The van der Waals surface area contributed by atoms with Crippen LogP contribution in [-0.2, 0) is 109 Å². The van der Waals surface area contributed by atoms with Crippen LogP contribution in [0.3, 0.4) is 0 Å². The molecule has 33 N–H and O–H groups in total. The molecule has 0 saturated carbocycles. The molecule has 0 unspecified atom stereocenters. The summed E-state index contributed by atoms with van der Waals surface area (Å²) in [6, 6.07) is -9.95. The number of carbonyl (C=O) groups excluding carboxylic acids is 5. The fourth-order valence-corrected chi connectivity index (χ4v) is 15.9. The van der Waals surface area contributed by atoms with Crippen molar-refractivity contribution in [3.63, 3.8) is 0 Å². The van der Waals surface area contributed by atoms with Crippen molar-refractivity contribution in [3.8, 4) is 0 Å². The summed E-state index contributed by atoms with van der Waals surface area (Å²) >= 11 is 0. The highest BCUT2D eigenvalue weighted by molar-refractivity contribution is 5.75. The van der Waals surface area contributed by atoms with Gasteiger partial charge in [-0.05, 0) is 0 Å². The van der Waals surface area contributed by atoms with E-state index in [1.165, 1.54) is 0 Å². The minimum atomic E-state index is -2.84. The van der Waals surface area contributed by atoms with Gasteiger partial charge in [0.15, 0.2) is 56.6 Å². The summed E-state index contributed by atoms with van der Waals surface area (Å²) in [5.41, 5.74) is 0. The van der Waals surface area contributed by atoms with Gasteiger partial charge in [0.1, 0.15) is 238 Å². The number of hydrogen-bond donors (Lipinski definition) is 33. The average molecular weight is 1850 g/mol. The molecule has 9 rings (SSSR count). The Morgan fingerprint density at radius 2 is 0.563 bits per heavy atom. The smallest absolute Gasteiger partial charge is 0.217 e. The van der Waals surface area contributed by atoms with E-state index < -0.39 is 403 Å². The predicted octanol–water partition coefficient (Wildman–Crippen LogP) is -22.4. The molecule has 0 bridgehead atoms. The highest BCUT2D eigenvalue weighted by Crippen LogP contribution is 2.42. The maximum absolute atomic E-state index is 13.5. The third-order valence-corrected chi connectivity index (χ3v) is 22.5. The molecule has 0 aliphatic carbocycles. The zero-order valence-corrected chi connectivity index (χ0v) is 68.0. The second kappa shape index (κ2) is 46.9. The number of ether oxygens (including phenoxy) is 18. The van der Waals surface area contributed by atoms with Crippen molar-refractivity contribution >= 4 is 29.5 Å². The van der Waals surface area contributed by atoms with E-state index in [9.17, 15) is 167 Å². The fraction of sp³-hybridized carbons (Fsp3) is 0.929. The molecular weight excluding hydrogens is 1730 g/mol. The first-order valence-electron chi connectivity index (χ1n) is 40.1. The lowest BCUT2D eigenvalue weighted by molar-refractivity contribution is -0.413. The molecule has 126 heavy (non-hydrogen) atoms. The second-order valence-corrected chi connectivity index (χ2v) is 31.5. The van der Waals surface area contributed by atoms with Crippen LogP contribution < -0.4 is 26.6 Å². The lowest BCUT2D eigenvalue weighted by Gasteiger charge is -2.53. The zero-order valence-electron chi connectivity index (χ0n) is 68.0. The maximum atomic E-state index is 13.5. The summed E-state index contributed by atoms with van der Waals surface area (Å²) in [6.07, 6.45) is -98.7. The molecule has 0 aromatic rings. The Balaban J connectivity index is 1.21. The molecule has 0 spiro atoms. The van der Waals surface area contributed by atoms with Gasteiger partial charge in [-0.15, -0.1) is 0 Å². The molecule has 0 radical (unpaired) electrons. The van der Waals surface area contributed by atoms with Crippen molar-refractivity contribution in [2.75, 3.05) is 72.7 Å². The van der Waals surface area contributed by atoms with E-state index in [-0.39, 0.29) is 0 Å². The van der Waals surface area contributed by atoms with Gasteiger partial charge in [0.2, 0.25) is 29.5 Å². The number of rotatable bonds is 37. The van der Waals surface area contributed by atoms with Crippen molar-refractivity contribution in [1.29, 1.82) is 0 Å². The highest BCUT2D eigenvalue weighted by Gasteiger charge is 2.63. The summed E-state index contributed by atoms with van der Waals surface area (Å²) in [4.78, 5) is 64.9. The predicted molar refractivity (Wildman–Crippen MR) is 390 cm³/mol. The van der Waals surface area contributed by atoms with Gasteiger partial charge < -0.3 is 255 Å². The standard InChI is InChI=1S/C70H119N5O51/c1-17(86)71-22(6-76)37(92)54(23(91)7-77)119-64-35(74-20(4)89)45(100)56(30(14-84)115-64)122-68-53(108)59(58(123-62-33(72-18(2)87)43(98)38(93)24(8-78)110-62)32(118-68)16-109-69-60(49(104)42(97)28(12-82)114-69)126-67-51(106)48(103)41(96)27(11-81)113-67)124-70-61(125-63-34(73-19(3)88)44(99)39(94)25(9-79)111-63)52(107)57(31(15-85)117-70)120-65-36(75-21(5)90)46(101)55(29(13-83)116-65)121-66-50(105)47(102)40(95)26(10-80)112-66/h22-70,76-85,91-108H,6-16H2,1-5H3,(H,71,86)(H,72,87)(H,73,88)(H,74,89)(H,75,90)/t22-,23+,24+,25+,26+,27+,28+,29+,30+,31+,32+,33+,34+,35+,36+,37+,38+,39+,40-,41+,42+,43+,44+,45+,46+,47-,48-,49-,50+,51-,52-,53-,54+,55+,56+,57+,58+,59+,60-,61-,62-,63-,64-,65-,66-,67+,68-,69-,70+/m0/s1. The lowest BCUT2D eigenvalue weighted by Crippen LogP contribution is -2.72. The summed E-state index contributed by atoms with van der Waals surface area (Å²) < 4.78 is 110. The topological polar surface area (TPSA) is 878 Å². The Hall–Kier alpha value is -4.49. The van der Waals surface area contributed by atoms with Crippen LogP contribution in [-0.4, -0.2) is 546 Å². The van der Waals surface area contributed by atoms with Crippen molar-refractivity contribution in [1.82, 2.24) is 26.6 Å². The molecule has 49 atom stereocenters. The first kappa shape index (κ1) is 105. The Morgan fingerprint density at radius 1 is 0.270 bits per heavy atom. The third-order valence-electron chi connectivity index (χ3n) is 22.5. The van der Waals surface area contributed by atoms with Crippen molar-refractivity contribution in [3.05, 3.63) is 0 Å². The molecule has 730 valence electrons. The number of amides is 5. The Morgan fingerprint density at radius 3 is 0.960 bits per heavy atom. The molecule has 0 aromatic heterocycles. The third kappa shape index (κ3) is 24.0. The Kier molecular flexibility index (Phi) is 39.2. The maximum Gasteiger partial charge on any atom is 0.217 e. The molecule has 9 fully saturated rings. The molecule has 0 aromatic carbocycles. The molecular formula is C70H119N5O51. The molecule has 9 heterocycles. The van der Waals surface area contributed by atoms with Gasteiger partial charge in [0.05, 0.1) is 78.7 Å². The van der Waals surface area contributed by atoms with Crippen LogP contribution in [0.15, 0.2) is 0 Å². The molecule has 9 aliphatic heterocycles. The van der Waals surface area contributed by atoms with Crippen molar-refractivity contribution < 1.29 is 252 Å². The first-order chi connectivity index (χ1) is 59.6. The average Bonchev–Trinajstić information content (AvgIpc) is 0.752. The minimum Gasteiger partial charge on any atom is -0.394 e. The zero-order chi connectivity index (χ0) is 93.2. The number of nitrogens with one attached hydrogen (secondary N) is 5. The number of carbonyl (C=O) groups is 5. The molecule has 9 saturated heterocycles. The quantitative estimate of drug-likeness (QED) is 0.0275. The lowest BCUT2D eigenvalue weighted by atomic mass is 9.93. The van der Waals surface area contributed by atoms with Crippen LogP contribution in [0.5, 0.6) is 0 Å². The normalized spacial score (nSPS) is 45.8. The van der Waals surface area contributed by atoms with Crippen LogP contribution >= 0.6 is 0 Å². The van der Waals surface area contributed by atoms with Gasteiger partial charge in [-0.1, -0.05) is 0 Å². The first-order valence-corrected chi connectivity index (χ1v) is 40.1. The summed E-state index contributed by atoms with van der Waals surface area (Å²) in [6.45, 7) is -8.76. The van der Waals surface area contributed by atoms with Crippen LogP contribution in [0.25, 0.3) is 0 Å². The van der Waals surface area contributed by atoms with Crippen molar-refractivity contribution in [2.24, 2.45) is 0 Å². The van der Waals surface area contributed by atoms with E-state index in [0.717, 1.165) is 34.6 Å².